The zero-order valence-electron chi connectivity index (χ0n) is 20.5. The second-order valence-corrected chi connectivity index (χ2v) is 12.0. The molecule has 1 unspecified atom stereocenters. The van der Waals surface area contributed by atoms with Gasteiger partial charge < -0.3 is 9.84 Å². The number of carbonyl (C=O) groups excluding carboxylic acids is 2. The predicted molar refractivity (Wildman–Crippen MR) is 157 cm³/mol. The minimum absolute atomic E-state index is 0.0166. The smallest absolute Gasteiger partial charge is 0.301 e. The number of aromatic nitrogens is 2. The van der Waals surface area contributed by atoms with E-state index >= 15 is 0 Å². The maximum Gasteiger partial charge on any atom is 0.301 e. The third-order valence-corrected chi connectivity index (χ3v) is 8.85. The van der Waals surface area contributed by atoms with E-state index < -0.39 is 17.7 Å². The zero-order valence-corrected chi connectivity index (χ0v) is 24.5. The molecule has 0 spiro atoms. The van der Waals surface area contributed by atoms with Gasteiger partial charge in [0.15, 0.2) is 4.34 Å². The number of nitrogens with zero attached hydrogens (tertiary/aromatic N) is 3. The maximum absolute atomic E-state index is 13.4. The van der Waals surface area contributed by atoms with Gasteiger partial charge in [0.1, 0.15) is 11.5 Å². The molecule has 0 bridgehead atoms. The van der Waals surface area contributed by atoms with E-state index in [1.165, 1.54) is 28.0 Å². The molecule has 39 heavy (non-hydrogen) atoms. The Labute approximate surface area is 246 Å². The van der Waals surface area contributed by atoms with E-state index in [1.807, 2.05) is 43.3 Å². The molecule has 1 amide bonds. The number of hydrogen-bond acceptors (Lipinski definition) is 8. The Morgan fingerprint density at radius 1 is 1.05 bits per heavy atom. The fraction of sp³-hybridized carbons (Fsp3) is 0.143. The molecule has 7 nitrogen and oxygen atoms in total. The highest BCUT2D eigenvalue weighted by Crippen LogP contribution is 2.44. The molecule has 1 N–H and O–H groups in total. The molecule has 1 aliphatic heterocycles. The molecule has 1 aromatic heterocycles. The monoisotopic (exact) mass is 641 g/mol. The van der Waals surface area contributed by atoms with Crippen molar-refractivity contribution in [3.8, 4) is 5.75 Å². The quantitative estimate of drug-likeness (QED) is 0.0710. The SMILES string of the molecule is CCOc1ccc(/C(O)=C2/C(=O)C(=O)N(c3nnc(SCc4ccc(Cl)cc4)s3)C2c2ccc(Br)cc2)cc1. The number of benzene rings is 3. The predicted octanol–water partition coefficient (Wildman–Crippen LogP) is 7.27. The number of ether oxygens (including phenoxy) is 1. The first-order valence-electron chi connectivity index (χ1n) is 11.9. The van der Waals surface area contributed by atoms with Gasteiger partial charge in [-0.1, -0.05) is 74.9 Å². The first-order chi connectivity index (χ1) is 18.9. The lowest BCUT2D eigenvalue weighted by Gasteiger charge is -2.22. The molecule has 5 rings (SSSR count). The molecule has 198 valence electrons. The summed E-state index contributed by atoms with van der Waals surface area (Å²) < 4.78 is 6.96. The van der Waals surface area contributed by atoms with Crippen LogP contribution in [-0.4, -0.2) is 33.6 Å². The molecule has 1 atom stereocenters. The van der Waals surface area contributed by atoms with Gasteiger partial charge in [-0.3, -0.25) is 14.5 Å². The molecular weight excluding hydrogens is 622 g/mol. The summed E-state index contributed by atoms with van der Waals surface area (Å²) in [6.45, 7) is 2.38. The lowest BCUT2D eigenvalue weighted by Crippen LogP contribution is -2.29. The summed E-state index contributed by atoms with van der Waals surface area (Å²) in [5.41, 5.74) is 2.09. The minimum atomic E-state index is -0.883. The largest absolute Gasteiger partial charge is 0.507 e. The standard InChI is InChI=1S/C28H21BrClN3O4S2/c1-2-37-21-13-7-18(8-14-21)24(34)22-23(17-5-9-19(29)10-6-17)33(26(36)25(22)35)27-31-32-28(39-27)38-15-16-3-11-20(30)12-4-16/h3-14,23,34H,2,15H2,1H3/b24-22-. The molecule has 3 aromatic carbocycles. The van der Waals surface area contributed by atoms with Crippen LogP contribution in [0.3, 0.4) is 0 Å². The molecule has 4 aromatic rings. The summed E-state index contributed by atoms with van der Waals surface area (Å²) in [7, 11) is 0. The summed E-state index contributed by atoms with van der Waals surface area (Å²) in [5.74, 6) is -0.566. The van der Waals surface area contributed by atoms with Crippen molar-refractivity contribution in [2.24, 2.45) is 0 Å². The Hall–Kier alpha value is -3.18. The van der Waals surface area contributed by atoms with Crippen molar-refractivity contribution in [2.75, 3.05) is 11.5 Å². The van der Waals surface area contributed by atoms with Crippen LogP contribution in [0.5, 0.6) is 5.75 Å². The van der Waals surface area contributed by atoms with Crippen LogP contribution in [0, 0.1) is 0 Å². The zero-order chi connectivity index (χ0) is 27.5. The van der Waals surface area contributed by atoms with Crippen LogP contribution in [-0.2, 0) is 15.3 Å². The molecule has 0 saturated carbocycles. The molecule has 1 aliphatic rings. The van der Waals surface area contributed by atoms with Crippen molar-refractivity contribution in [1.29, 1.82) is 0 Å². The van der Waals surface area contributed by atoms with Gasteiger partial charge in [-0.05, 0) is 66.6 Å². The molecule has 11 heteroatoms. The Balaban J connectivity index is 1.51. The van der Waals surface area contributed by atoms with Crippen LogP contribution in [0.15, 0.2) is 87.2 Å². The minimum Gasteiger partial charge on any atom is -0.507 e. The molecule has 1 saturated heterocycles. The van der Waals surface area contributed by atoms with Crippen LogP contribution >= 0.6 is 50.6 Å². The average molecular weight is 643 g/mol. The average Bonchev–Trinajstić information content (AvgIpc) is 3.51. The number of ketones is 1. The van der Waals surface area contributed by atoms with Crippen LogP contribution < -0.4 is 9.64 Å². The van der Waals surface area contributed by atoms with Crippen LogP contribution in [0.2, 0.25) is 5.02 Å². The Morgan fingerprint density at radius 2 is 1.74 bits per heavy atom. The summed E-state index contributed by atoms with van der Waals surface area (Å²) in [4.78, 5) is 28.1. The first-order valence-corrected chi connectivity index (χ1v) is 14.8. The number of aliphatic hydroxyl groups is 1. The highest BCUT2D eigenvalue weighted by Gasteiger charge is 2.48. The van der Waals surface area contributed by atoms with E-state index in [9.17, 15) is 14.7 Å². The number of hydrogen-bond donors (Lipinski definition) is 1. The normalized spacial score (nSPS) is 16.6. The Kier molecular flexibility index (Phi) is 8.37. The topological polar surface area (TPSA) is 92.6 Å². The highest BCUT2D eigenvalue weighted by atomic mass is 79.9. The summed E-state index contributed by atoms with van der Waals surface area (Å²) in [5, 5.41) is 20.7. The molecular formula is C28H21BrClN3O4S2. The molecule has 0 aliphatic carbocycles. The van der Waals surface area contributed by atoms with E-state index in [-0.39, 0.29) is 16.5 Å². The molecule has 1 fully saturated rings. The number of amides is 1. The van der Waals surface area contributed by atoms with Gasteiger partial charge in [-0.2, -0.15) is 0 Å². The number of thioether (sulfide) groups is 1. The van der Waals surface area contributed by atoms with Gasteiger partial charge in [-0.15, -0.1) is 10.2 Å². The number of Topliss-reactive ketones (excluding diaryl/α,β-unsaturated/α-hetero) is 1. The summed E-state index contributed by atoms with van der Waals surface area (Å²) in [6.07, 6.45) is 0. The third kappa shape index (κ3) is 5.89. The maximum atomic E-state index is 13.4. The van der Waals surface area contributed by atoms with E-state index in [4.69, 9.17) is 16.3 Å². The highest BCUT2D eigenvalue weighted by molar-refractivity contribution is 9.10. The van der Waals surface area contributed by atoms with Gasteiger partial charge in [0.05, 0.1) is 18.2 Å². The summed E-state index contributed by atoms with van der Waals surface area (Å²) in [6, 6.07) is 20.6. The van der Waals surface area contributed by atoms with Crippen LogP contribution in [0.1, 0.15) is 29.7 Å². The van der Waals surface area contributed by atoms with Crippen molar-refractivity contribution in [1.82, 2.24) is 10.2 Å². The Morgan fingerprint density at radius 3 is 2.41 bits per heavy atom. The fourth-order valence-corrected chi connectivity index (χ4v) is 6.32. The Bertz CT molecular complexity index is 1540. The third-order valence-electron chi connectivity index (χ3n) is 5.95. The second kappa shape index (κ2) is 11.9. The van der Waals surface area contributed by atoms with E-state index in [1.54, 1.807) is 36.4 Å². The van der Waals surface area contributed by atoms with Crippen molar-refractivity contribution < 1.29 is 19.4 Å². The van der Waals surface area contributed by atoms with Gasteiger partial charge in [0, 0.05) is 20.8 Å². The van der Waals surface area contributed by atoms with Crippen molar-refractivity contribution >= 4 is 73.2 Å². The van der Waals surface area contributed by atoms with Crippen LogP contribution in [0.4, 0.5) is 5.13 Å². The van der Waals surface area contributed by atoms with Gasteiger partial charge >= 0.3 is 5.91 Å². The lowest BCUT2D eigenvalue weighted by atomic mass is 9.95. The second-order valence-electron chi connectivity index (χ2n) is 8.44. The number of anilines is 1. The van der Waals surface area contributed by atoms with E-state index in [2.05, 4.69) is 26.1 Å². The van der Waals surface area contributed by atoms with Gasteiger partial charge in [0.2, 0.25) is 5.13 Å². The van der Waals surface area contributed by atoms with Crippen molar-refractivity contribution in [3.05, 3.63) is 105 Å². The molecule has 0 radical (unpaired) electrons. The number of rotatable bonds is 8. The number of carbonyl (C=O) groups is 2. The molecule has 2 heterocycles. The van der Waals surface area contributed by atoms with Gasteiger partial charge in [-0.25, -0.2) is 0 Å². The van der Waals surface area contributed by atoms with Crippen LogP contribution in [0.25, 0.3) is 5.76 Å². The van der Waals surface area contributed by atoms with E-state index in [0.717, 1.165) is 10.0 Å². The van der Waals surface area contributed by atoms with E-state index in [0.29, 0.717) is 38.6 Å². The first kappa shape index (κ1) is 27.4. The number of halogens is 2. The van der Waals surface area contributed by atoms with Gasteiger partial charge in [0.25, 0.3) is 5.78 Å². The summed E-state index contributed by atoms with van der Waals surface area (Å²) >= 11 is 12.1. The van der Waals surface area contributed by atoms with Crippen molar-refractivity contribution in [2.45, 2.75) is 23.1 Å². The fourth-order valence-electron chi connectivity index (χ4n) is 4.11. The lowest BCUT2D eigenvalue weighted by molar-refractivity contribution is -0.132. The number of aliphatic hydroxyl groups excluding tert-OH is 1. The van der Waals surface area contributed by atoms with Crippen molar-refractivity contribution in [3.63, 3.8) is 0 Å².